The van der Waals surface area contributed by atoms with E-state index in [9.17, 15) is 9.59 Å². The van der Waals surface area contributed by atoms with Gasteiger partial charge in [0.2, 0.25) is 0 Å². The Balaban J connectivity index is 1.65. The number of benzene rings is 3. The Bertz CT molecular complexity index is 1420. The van der Waals surface area contributed by atoms with Gasteiger partial charge >= 0.3 is 5.97 Å². The molecule has 0 spiro atoms. The Morgan fingerprint density at radius 1 is 1.11 bits per heavy atom. The smallest absolute Gasteiger partial charge is 0.328 e. The number of nitrogens with one attached hydrogen (secondary N) is 3. The van der Waals surface area contributed by atoms with Gasteiger partial charge in [-0.3, -0.25) is 4.79 Å². The molecular formula is C29H29ClN4O3S. The third-order valence-corrected chi connectivity index (χ3v) is 7.20. The van der Waals surface area contributed by atoms with Gasteiger partial charge in [-0.25, -0.2) is 9.78 Å². The summed E-state index contributed by atoms with van der Waals surface area (Å²) in [6, 6.07) is 20.0. The maximum absolute atomic E-state index is 13.5. The van der Waals surface area contributed by atoms with Crippen LogP contribution in [0.25, 0.3) is 11.1 Å². The van der Waals surface area contributed by atoms with Crippen molar-refractivity contribution in [2.45, 2.75) is 30.8 Å². The minimum Gasteiger partial charge on any atom is -0.467 e. The average molecular weight is 549 g/mol. The molecule has 0 aliphatic heterocycles. The SMILES string of the molecule is COC(=O)[C@@H](Cc1ccc(Cl)cc1)NC(=O)c1cc(NCc2nc[nH]c2C)cc(-c2ccccc2SC)c1. The van der Waals surface area contributed by atoms with Crippen LogP contribution in [0.4, 0.5) is 5.69 Å². The lowest BCUT2D eigenvalue weighted by Crippen LogP contribution is -2.43. The summed E-state index contributed by atoms with van der Waals surface area (Å²) in [6.07, 6.45) is 3.95. The summed E-state index contributed by atoms with van der Waals surface area (Å²) in [4.78, 5) is 34.6. The highest BCUT2D eigenvalue weighted by molar-refractivity contribution is 7.98. The third kappa shape index (κ3) is 6.76. The molecule has 1 atom stereocenters. The van der Waals surface area contributed by atoms with Crippen LogP contribution in [0, 0.1) is 6.92 Å². The van der Waals surface area contributed by atoms with E-state index in [1.165, 1.54) is 7.11 Å². The first-order valence-electron chi connectivity index (χ1n) is 12.0. The van der Waals surface area contributed by atoms with Crippen molar-refractivity contribution in [3.05, 3.63) is 101 Å². The predicted molar refractivity (Wildman–Crippen MR) is 153 cm³/mol. The van der Waals surface area contributed by atoms with Crippen LogP contribution >= 0.6 is 23.4 Å². The zero-order valence-corrected chi connectivity index (χ0v) is 23.0. The van der Waals surface area contributed by atoms with Crippen molar-refractivity contribution in [1.82, 2.24) is 15.3 Å². The fraction of sp³-hybridized carbons (Fsp3) is 0.207. The number of aryl methyl sites for hydroxylation is 1. The summed E-state index contributed by atoms with van der Waals surface area (Å²) < 4.78 is 4.98. The number of hydrogen-bond donors (Lipinski definition) is 3. The number of carbonyl (C=O) groups excluding carboxylic acids is 2. The van der Waals surface area contributed by atoms with Gasteiger partial charge in [0, 0.05) is 33.3 Å². The number of carbonyl (C=O) groups is 2. The molecule has 0 saturated heterocycles. The molecule has 0 unspecified atom stereocenters. The number of methoxy groups -OCH3 is 1. The van der Waals surface area contributed by atoms with Gasteiger partial charge < -0.3 is 20.4 Å². The van der Waals surface area contributed by atoms with E-state index in [0.29, 0.717) is 17.1 Å². The number of rotatable bonds is 10. The lowest BCUT2D eigenvalue weighted by molar-refractivity contribution is -0.142. The Kier molecular flexibility index (Phi) is 9.10. The second kappa shape index (κ2) is 12.7. The highest BCUT2D eigenvalue weighted by Gasteiger charge is 2.23. The van der Waals surface area contributed by atoms with Crippen molar-refractivity contribution < 1.29 is 14.3 Å². The predicted octanol–water partition coefficient (Wildman–Crippen LogP) is 5.89. The molecule has 0 aliphatic rings. The van der Waals surface area contributed by atoms with Crippen molar-refractivity contribution in [3.8, 4) is 11.1 Å². The minimum absolute atomic E-state index is 0.272. The van der Waals surface area contributed by atoms with Crippen LogP contribution in [0.15, 0.2) is 78.0 Å². The number of halogens is 1. The first-order chi connectivity index (χ1) is 18.4. The Morgan fingerprint density at radius 2 is 1.87 bits per heavy atom. The number of amides is 1. The Hall–Kier alpha value is -3.75. The average Bonchev–Trinajstić information content (AvgIpc) is 3.36. The quantitative estimate of drug-likeness (QED) is 0.169. The van der Waals surface area contributed by atoms with Gasteiger partial charge in [0.15, 0.2) is 0 Å². The zero-order valence-electron chi connectivity index (χ0n) is 21.4. The Labute approximate surface area is 231 Å². The Morgan fingerprint density at radius 3 is 2.55 bits per heavy atom. The second-order valence-corrected chi connectivity index (χ2v) is 9.99. The number of anilines is 1. The standard InChI is InChI=1S/C29H29ClN4O3S/c1-18-26(33-17-32-18)16-31-23-14-20(24-6-4-5-7-27(24)38-3)13-21(15-23)28(35)34-25(29(36)37-2)12-19-8-10-22(30)11-9-19/h4-11,13-15,17,25,31H,12,16H2,1-3H3,(H,32,33)(H,34,35)/t25-/m1/s1. The number of thioether (sulfide) groups is 1. The first kappa shape index (κ1) is 27.3. The molecule has 4 rings (SSSR count). The molecule has 9 heteroatoms. The lowest BCUT2D eigenvalue weighted by Gasteiger charge is -2.18. The number of nitrogens with zero attached hydrogens (tertiary/aromatic N) is 1. The number of aromatic nitrogens is 2. The van der Waals surface area contributed by atoms with E-state index in [4.69, 9.17) is 16.3 Å². The fourth-order valence-electron chi connectivity index (χ4n) is 4.08. The summed E-state index contributed by atoms with van der Waals surface area (Å²) >= 11 is 7.63. The van der Waals surface area contributed by atoms with E-state index in [1.54, 1.807) is 36.3 Å². The molecule has 7 nitrogen and oxygen atoms in total. The van der Waals surface area contributed by atoms with Crippen LogP contribution in [-0.2, 0) is 22.5 Å². The van der Waals surface area contributed by atoms with Crippen LogP contribution in [0.5, 0.6) is 0 Å². The van der Waals surface area contributed by atoms with Crippen molar-refractivity contribution >= 4 is 40.9 Å². The van der Waals surface area contributed by atoms with Crippen LogP contribution in [-0.4, -0.2) is 41.3 Å². The monoisotopic (exact) mass is 548 g/mol. The summed E-state index contributed by atoms with van der Waals surface area (Å²) in [5, 5.41) is 6.85. The number of aromatic amines is 1. The topological polar surface area (TPSA) is 96.1 Å². The largest absolute Gasteiger partial charge is 0.467 e. The molecule has 1 amide bonds. The number of imidazole rings is 1. The lowest BCUT2D eigenvalue weighted by atomic mass is 10.0. The first-order valence-corrected chi connectivity index (χ1v) is 13.6. The summed E-state index contributed by atoms with van der Waals surface area (Å²) in [5.41, 5.74) is 5.80. The maximum Gasteiger partial charge on any atom is 0.328 e. The normalized spacial score (nSPS) is 11.6. The van der Waals surface area contributed by atoms with E-state index in [0.717, 1.165) is 38.7 Å². The third-order valence-electron chi connectivity index (χ3n) is 6.15. The van der Waals surface area contributed by atoms with Crippen LogP contribution in [0.3, 0.4) is 0 Å². The van der Waals surface area contributed by atoms with E-state index in [1.807, 2.05) is 61.7 Å². The van der Waals surface area contributed by atoms with Gasteiger partial charge in [-0.2, -0.15) is 0 Å². The van der Waals surface area contributed by atoms with Crippen molar-refractivity contribution in [1.29, 1.82) is 0 Å². The van der Waals surface area contributed by atoms with Gasteiger partial charge in [-0.1, -0.05) is 41.9 Å². The number of hydrogen-bond acceptors (Lipinski definition) is 6. The van der Waals surface area contributed by atoms with E-state index in [2.05, 4.69) is 20.6 Å². The van der Waals surface area contributed by atoms with Crippen LogP contribution in [0.2, 0.25) is 5.02 Å². The molecule has 1 heterocycles. The van der Waals surface area contributed by atoms with Gasteiger partial charge in [0.05, 0.1) is 25.7 Å². The van der Waals surface area contributed by atoms with Crippen molar-refractivity contribution in [2.75, 3.05) is 18.7 Å². The van der Waals surface area contributed by atoms with Gasteiger partial charge in [-0.05, 0) is 66.3 Å². The molecule has 1 aromatic heterocycles. The zero-order chi connectivity index (χ0) is 27.1. The molecule has 0 bridgehead atoms. The molecule has 0 aliphatic carbocycles. The molecule has 4 aromatic rings. The number of esters is 1. The molecular weight excluding hydrogens is 520 g/mol. The second-order valence-electron chi connectivity index (χ2n) is 8.71. The molecule has 0 saturated carbocycles. The van der Waals surface area contributed by atoms with Crippen LogP contribution < -0.4 is 10.6 Å². The van der Waals surface area contributed by atoms with Crippen LogP contribution in [0.1, 0.15) is 27.3 Å². The summed E-state index contributed by atoms with van der Waals surface area (Å²) in [6.45, 7) is 2.45. The molecule has 38 heavy (non-hydrogen) atoms. The van der Waals surface area contributed by atoms with Gasteiger partial charge in [0.1, 0.15) is 6.04 Å². The number of H-pyrrole nitrogens is 1. The van der Waals surface area contributed by atoms with Crippen molar-refractivity contribution in [2.24, 2.45) is 0 Å². The minimum atomic E-state index is -0.862. The molecule has 0 fully saturated rings. The van der Waals surface area contributed by atoms with E-state index in [-0.39, 0.29) is 12.3 Å². The number of ether oxygens (including phenoxy) is 1. The summed E-state index contributed by atoms with van der Waals surface area (Å²) in [5.74, 6) is -0.901. The van der Waals surface area contributed by atoms with E-state index >= 15 is 0 Å². The molecule has 196 valence electrons. The highest BCUT2D eigenvalue weighted by atomic mass is 35.5. The van der Waals surface area contributed by atoms with E-state index < -0.39 is 12.0 Å². The van der Waals surface area contributed by atoms with Gasteiger partial charge in [0.25, 0.3) is 5.91 Å². The highest BCUT2D eigenvalue weighted by Crippen LogP contribution is 2.32. The summed E-state index contributed by atoms with van der Waals surface area (Å²) in [7, 11) is 1.31. The molecule has 3 N–H and O–H groups in total. The van der Waals surface area contributed by atoms with Gasteiger partial charge in [-0.15, -0.1) is 11.8 Å². The fourth-order valence-corrected chi connectivity index (χ4v) is 4.83. The maximum atomic E-state index is 13.5. The van der Waals surface area contributed by atoms with Crippen molar-refractivity contribution in [3.63, 3.8) is 0 Å². The molecule has 0 radical (unpaired) electrons. The molecule has 3 aromatic carbocycles.